The molecule has 92 valence electrons. The van der Waals surface area contributed by atoms with E-state index in [1.54, 1.807) is 0 Å². The molecule has 1 aromatic rings. The molecule has 0 radical (unpaired) electrons. The quantitative estimate of drug-likeness (QED) is 0.871. The van der Waals surface area contributed by atoms with Crippen LogP contribution in [0.5, 0.6) is 0 Å². The molecule has 0 amide bonds. The van der Waals surface area contributed by atoms with Gasteiger partial charge in [0.25, 0.3) is 0 Å². The van der Waals surface area contributed by atoms with Gasteiger partial charge in [-0.25, -0.2) is 0 Å². The summed E-state index contributed by atoms with van der Waals surface area (Å²) < 4.78 is 36.7. The Morgan fingerprint density at radius 3 is 2.00 bits per heavy atom. The number of hydrogen-bond acceptors (Lipinski definition) is 2. The number of alkyl halides is 3. The summed E-state index contributed by atoms with van der Waals surface area (Å²) in [4.78, 5) is 0. The van der Waals surface area contributed by atoms with Gasteiger partial charge in [-0.05, 0) is 30.7 Å². The highest BCUT2D eigenvalue weighted by atomic mass is 35.5. The van der Waals surface area contributed by atoms with E-state index in [0.717, 1.165) is 12.1 Å². The van der Waals surface area contributed by atoms with Crippen molar-refractivity contribution in [2.75, 3.05) is 6.54 Å². The second kappa shape index (κ2) is 6.08. The molecule has 0 spiro atoms. The minimum absolute atomic E-state index is 0. The lowest BCUT2D eigenvalue weighted by Gasteiger charge is -2.12. The second-order valence-corrected chi connectivity index (χ2v) is 3.30. The molecule has 0 aromatic heterocycles. The van der Waals surface area contributed by atoms with Crippen LogP contribution < -0.4 is 11.5 Å². The lowest BCUT2D eigenvalue weighted by atomic mass is 10.0. The van der Waals surface area contributed by atoms with E-state index >= 15 is 0 Å². The fraction of sp³-hybridized carbons (Fsp3) is 0.400. The van der Waals surface area contributed by atoms with E-state index in [9.17, 15) is 13.2 Å². The number of hydrogen-bond donors (Lipinski definition) is 2. The highest BCUT2D eigenvalue weighted by Crippen LogP contribution is 2.29. The number of nitrogens with two attached hydrogens (primary N) is 2. The van der Waals surface area contributed by atoms with E-state index in [0.29, 0.717) is 18.5 Å². The van der Waals surface area contributed by atoms with Gasteiger partial charge in [0.15, 0.2) is 0 Å². The van der Waals surface area contributed by atoms with Crippen molar-refractivity contribution in [2.24, 2.45) is 11.5 Å². The van der Waals surface area contributed by atoms with Crippen LogP contribution in [0.4, 0.5) is 13.2 Å². The summed E-state index contributed by atoms with van der Waals surface area (Å²) in [5.74, 6) is 0. The molecule has 0 heterocycles. The van der Waals surface area contributed by atoms with Gasteiger partial charge in [0.1, 0.15) is 0 Å². The summed E-state index contributed by atoms with van der Waals surface area (Å²) in [7, 11) is 0. The molecule has 4 N–H and O–H groups in total. The highest BCUT2D eigenvalue weighted by molar-refractivity contribution is 5.85. The van der Waals surface area contributed by atoms with Crippen molar-refractivity contribution < 1.29 is 13.2 Å². The summed E-state index contributed by atoms with van der Waals surface area (Å²) in [5.41, 5.74) is 11.0. The van der Waals surface area contributed by atoms with Gasteiger partial charge < -0.3 is 11.5 Å². The lowest BCUT2D eigenvalue weighted by molar-refractivity contribution is -0.137. The van der Waals surface area contributed by atoms with E-state index in [1.807, 2.05) is 0 Å². The van der Waals surface area contributed by atoms with Gasteiger partial charge in [0, 0.05) is 6.04 Å². The zero-order valence-corrected chi connectivity index (χ0v) is 9.31. The second-order valence-electron chi connectivity index (χ2n) is 3.30. The van der Waals surface area contributed by atoms with E-state index in [-0.39, 0.29) is 18.4 Å². The smallest absolute Gasteiger partial charge is 0.330 e. The third kappa shape index (κ3) is 4.00. The molecule has 1 atom stereocenters. The summed E-state index contributed by atoms with van der Waals surface area (Å²) in [5, 5.41) is 0. The largest absolute Gasteiger partial charge is 0.416 e. The molecule has 0 saturated carbocycles. The molecular formula is C10H14ClF3N2. The minimum atomic E-state index is -4.30. The molecule has 6 heteroatoms. The number of halogens is 4. The van der Waals surface area contributed by atoms with Crippen molar-refractivity contribution in [3.8, 4) is 0 Å². The van der Waals surface area contributed by atoms with Crippen molar-refractivity contribution in [3.63, 3.8) is 0 Å². The fourth-order valence-electron chi connectivity index (χ4n) is 1.27. The van der Waals surface area contributed by atoms with Crippen molar-refractivity contribution in [1.82, 2.24) is 0 Å². The van der Waals surface area contributed by atoms with Crippen LogP contribution in [0.1, 0.15) is 23.6 Å². The molecule has 16 heavy (non-hydrogen) atoms. The fourth-order valence-corrected chi connectivity index (χ4v) is 1.27. The molecule has 1 rings (SSSR count). The van der Waals surface area contributed by atoms with Crippen molar-refractivity contribution >= 4 is 12.4 Å². The van der Waals surface area contributed by atoms with Crippen molar-refractivity contribution in [3.05, 3.63) is 35.4 Å². The molecule has 0 aliphatic carbocycles. The van der Waals surface area contributed by atoms with E-state index in [1.165, 1.54) is 12.1 Å². The van der Waals surface area contributed by atoms with Gasteiger partial charge >= 0.3 is 6.18 Å². The first-order chi connectivity index (χ1) is 6.95. The van der Waals surface area contributed by atoms with Crippen LogP contribution in [0, 0.1) is 0 Å². The molecule has 0 unspecified atom stereocenters. The first-order valence-corrected chi connectivity index (χ1v) is 4.58. The van der Waals surface area contributed by atoms with Crippen molar-refractivity contribution in [2.45, 2.75) is 18.6 Å². The van der Waals surface area contributed by atoms with Crippen LogP contribution >= 0.6 is 12.4 Å². The molecule has 0 saturated heterocycles. The lowest BCUT2D eigenvalue weighted by Crippen LogP contribution is -2.15. The zero-order chi connectivity index (χ0) is 11.5. The zero-order valence-electron chi connectivity index (χ0n) is 8.50. The van der Waals surface area contributed by atoms with E-state index in [2.05, 4.69) is 0 Å². The predicted octanol–water partition coefficient (Wildman–Crippen LogP) is 2.48. The normalized spacial score (nSPS) is 13.1. The Bertz CT molecular complexity index is 311. The van der Waals surface area contributed by atoms with Gasteiger partial charge in [-0.3, -0.25) is 0 Å². The van der Waals surface area contributed by atoms with Crippen LogP contribution in [0.25, 0.3) is 0 Å². The topological polar surface area (TPSA) is 52.0 Å². The number of rotatable bonds is 3. The Morgan fingerprint density at radius 1 is 1.12 bits per heavy atom. The van der Waals surface area contributed by atoms with Crippen LogP contribution in [0.2, 0.25) is 0 Å². The summed E-state index contributed by atoms with van der Waals surface area (Å²) in [6, 6.07) is 4.56. The van der Waals surface area contributed by atoms with Crippen LogP contribution in [-0.4, -0.2) is 6.54 Å². The molecule has 2 nitrogen and oxygen atoms in total. The Hall–Kier alpha value is -0.780. The molecule has 1 aromatic carbocycles. The SMILES string of the molecule is Cl.NCC[C@H](N)c1ccc(C(F)(F)F)cc1. The van der Waals surface area contributed by atoms with Crippen molar-refractivity contribution in [1.29, 1.82) is 0 Å². The summed E-state index contributed by atoms with van der Waals surface area (Å²) >= 11 is 0. The average molecular weight is 255 g/mol. The van der Waals surface area contributed by atoms with Gasteiger partial charge in [0.2, 0.25) is 0 Å². The maximum atomic E-state index is 12.2. The van der Waals surface area contributed by atoms with Crippen LogP contribution in [0.3, 0.4) is 0 Å². The Kier molecular flexibility index (Phi) is 5.78. The molecular weight excluding hydrogens is 241 g/mol. The highest BCUT2D eigenvalue weighted by Gasteiger charge is 2.30. The van der Waals surface area contributed by atoms with Gasteiger partial charge in [-0.1, -0.05) is 12.1 Å². The standard InChI is InChI=1S/C10H13F3N2.ClH/c11-10(12,13)8-3-1-7(2-4-8)9(15)5-6-14;/h1-4,9H,5-6,14-15H2;1H/t9-;/m0./s1. The third-order valence-corrected chi connectivity index (χ3v) is 2.14. The van der Waals surface area contributed by atoms with Gasteiger partial charge in [-0.2, -0.15) is 13.2 Å². The third-order valence-electron chi connectivity index (χ3n) is 2.14. The first kappa shape index (κ1) is 15.2. The molecule has 0 bridgehead atoms. The summed E-state index contributed by atoms with van der Waals surface area (Å²) in [6.07, 6.45) is -3.73. The van der Waals surface area contributed by atoms with E-state index < -0.39 is 11.7 Å². The maximum absolute atomic E-state index is 12.2. The van der Waals surface area contributed by atoms with Crippen LogP contribution in [0.15, 0.2) is 24.3 Å². The van der Waals surface area contributed by atoms with E-state index in [4.69, 9.17) is 11.5 Å². The summed E-state index contributed by atoms with van der Waals surface area (Å²) in [6.45, 7) is 0.419. The first-order valence-electron chi connectivity index (χ1n) is 4.58. The van der Waals surface area contributed by atoms with Crippen LogP contribution in [-0.2, 0) is 6.18 Å². The Balaban J connectivity index is 0.00000225. The predicted molar refractivity (Wildman–Crippen MR) is 59.3 cm³/mol. The Morgan fingerprint density at radius 2 is 1.62 bits per heavy atom. The minimum Gasteiger partial charge on any atom is -0.330 e. The molecule has 0 fully saturated rings. The average Bonchev–Trinajstić information content (AvgIpc) is 2.17. The van der Waals surface area contributed by atoms with Gasteiger partial charge in [0.05, 0.1) is 5.56 Å². The van der Waals surface area contributed by atoms with Gasteiger partial charge in [-0.15, -0.1) is 12.4 Å². The monoisotopic (exact) mass is 254 g/mol. The molecule has 0 aliphatic heterocycles. The number of benzene rings is 1. The Labute approximate surface area is 98.2 Å². The molecule has 0 aliphatic rings. The maximum Gasteiger partial charge on any atom is 0.416 e.